The summed E-state index contributed by atoms with van der Waals surface area (Å²) in [7, 11) is 2.09. The average molecular weight is 244 g/mol. The lowest BCUT2D eigenvalue weighted by atomic mass is 10.1. The highest BCUT2D eigenvalue weighted by atomic mass is 16.3. The molecule has 0 unspecified atom stereocenters. The predicted molar refractivity (Wildman–Crippen MR) is 74.2 cm³/mol. The van der Waals surface area contributed by atoms with Gasteiger partial charge in [0.05, 0.1) is 6.26 Å². The molecule has 1 aromatic carbocycles. The Labute approximate surface area is 108 Å². The Morgan fingerprint density at radius 1 is 1.11 bits per heavy atom. The molecule has 3 nitrogen and oxygen atoms in total. The van der Waals surface area contributed by atoms with Gasteiger partial charge >= 0.3 is 0 Å². The number of anilines is 1. The van der Waals surface area contributed by atoms with Gasteiger partial charge in [0.1, 0.15) is 5.76 Å². The van der Waals surface area contributed by atoms with Gasteiger partial charge in [0.15, 0.2) is 0 Å². The van der Waals surface area contributed by atoms with E-state index < -0.39 is 0 Å². The summed E-state index contributed by atoms with van der Waals surface area (Å²) in [6.45, 7) is 5.79. The summed E-state index contributed by atoms with van der Waals surface area (Å²) in [4.78, 5) is 2.24. The molecule has 2 rings (SSSR count). The molecule has 0 aliphatic heterocycles. The highest BCUT2D eigenvalue weighted by Gasteiger charge is 2.08. The van der Waals surface area contributed by atoms with Crippen LogP contribution in [0.15, 0.2) is 34.9 Å². The maximum atomic E-state index is 6.00. The monoisotopic (exact) mass is 244 g/mol. The van der Waals surface area contributed by atoms with Crippen molar-refractivity contribution in [2.75, 3.05) is 12.8 Å². The summed E-state index contributed by atoms with van der Waals surface area (Å²) >= 11 is 0. The van der Waals surface area contributed by atoms with Crippen molar-refractivity contribution in [2.45, 2.75) is 26.9 Å². The van der Waals surface area contributed by atoms with E-state index in [-0.39, 0.29) is 0 Å². The fourth-order valence-electron chi connectivity index (χ4n) is 2.08. The normalized spacial score (nSPS) is 11.1. The largest absolute Gasteiger partial charge is 0.469 e. The van der Waals surface area contributed by atoms with Crippen molar-refractivity contribution >= 4 is 5.69 Å². The van der Waals surface area contributed by atoms with Gasteiger partial charge in [-0.05, 0) is 38.6 Å². The van der Waals surface area contributed by atoms with Crippen LogP contribution in [-0.2, 0) is 13.1 Å². The first-order valence-electron chi connectivity index (χ1n) is 6.13. The lowest BCUT2D eigenvalue weighted by molar-refractivity contribution is 0.317. The molecular formula is C15H20N2O. The van der Waals surface area contributed by atoms with Gasteiger partial charge in [-0.1, -0.05) is 17.7 Å². The first kappa shape index (κ1) is 12.7. The Morgan fingerprint density at radius 2 is 1.83 bits per heavy atom. The molecule has 0 radical (unpaired) electrons. The zero-order valence-corrected chi connectivity index (χ0v) is 11.2. The second-order valence-corrected chi connectivity index (χ2v) is 4.88. The van der Waals surface area contributed by atoms with Gasteiger partial charge in [0.2, 0.25) is 0 Å². The number of rotatable bonds is 4. The molecule has 2 aromatic rings. The molecular weight excluding hydrogens is 224 g/mol. The molecule has 18 heavy (non-hydrogen) atoms. The summed E-state index contributed by atoms with van der Waals surface area (Å²) in [5.41, 5.74) is 10.5. The molecule has 0 atom stereocenters. The zero-order valence-electron chi connectivity index (χ0n) is 11.2. The van der Waals surface area contributed by atoms with Crippen molar-refractivity contribution in [3.05, 3.63) is 53.0 Å². The minimum atomic E-state index is 0.845. The fraction of sp³-hybridized carbons (Fsp3) is 0.333. The van der Waals surface area contributed by atoms with E-state index in [0.717, 1.165) is 24.5 Å². The van der Waals surface area contributed by atoms with Crippen LogP contribution >= 0.6 is 0 Å². The van der Waals surface area contributed by atoms with Gasteiger partial charge in [-0.25, -0.2) is 0 Å². The lowest BCUT2D eigenvalue weighted by Crippen LogP contribution is -2.18. The number of hydrogen-bond acceptors (Lipinski definition) is 3. The van der Waals surface area contributed by atoms with Crippen LogP contribution < -0.4 is 5.73 Å². The molecule has 0 aliphatic carbocycles. The molecule has 3 heteroatoms. The second kappa shape index (κ2) is 5.27. The lowest BCUT2D eigenvalue weighted by Gasteiger charge is -2.18. The number of nitrogens with zero attached hydrogens (tertiary/aromatic N) is 1. The molecule has 1 aromatic heterocycles. The topological polar surface area (TPSA) is 42.4 Å². The van der Waals surface area contributed by atoms with E-state index in [1.54, 1.807) is 6.26 Å². The molecule has 0 aliphatic rings. The van der Waals surface area contributed by atoms with Crippen LogP contribution in [0, 0.1) is 13.8 Å². The number of furan rings is 1. The third kappa shape index (κ3) is 2.93. The van der Waals surface area contributed by atoms with Crippen LogP contribution in [0.4, 0.5) is 5.69 Å². The van der Waals surface area contributed by atoms with Crippen molar-refractivity contribution in [1.29, 1.82) is 0 Å². The highest BCUT2D eigenvalue weighted by molar-refractivity contribution is 5.48. The third-order valence-corrected chi connectivity index (χ3v) is 3.15. The summed E-state index contributed by atoms with van der Waals surface area (Å²) < 4.78 is 5.31. The van der Waals surface area contributed by atoms with Crippen LogP contribution in [0.2, 0.25) is 0 Å². The van der Waals surface area contributed by atoms with E-state index in [9.17, 15) is 0 Å². The summed E-state index contributed by atoms with van der Waals surface area (Å²) in [6, 6.07) is 8.18. The number of hydrogen-bond donors (Lipinski definition) is 1. The van der Waals surface area contributed by atoms with Gasteiger partial charge < -0.3 is 10.2 Å². The molecule has 1 heterocycles. The number of benzene rings is 1. The van der Waals surface area contributed by atoms with Crippen molar-refractivity contribution in [2.24, 2.45) is 0 Å². The van der Waals surface area contributed by atoms with E-state index in [1.807, 2.05) is 25.1 Å². The molecule has 0 saturated carbocycles. The Bertz CT molecular complexity index is 531. The van der Waals surface area contributed by atoms with Gasteiger partial charge in [-0.15, -0.1) is 0 Å². The van der Waals surface area contributed by atoms with Gasteiger partial charge in [-0.2, -0.15) is 0 Å². The molecule has 0 spiro atoms. The van der Waals surface area contributed by atoms with E-state index in [4.69, 9.17) is 10.2 Å². The first-order chi connectivity index (χ1) is 8.56. The standard InChI is InChI=1S/C15H20N2O/c1-11-4-5-15(16)14(8-11)10-17(3)9-13-6-7-18-12(13)2/h4-8H,9-10,16H2,1-3H3. The number of aryl methyl sites for hydroxylation is 2. The van der Waals surface area contributed by atoms with E-state index in [0.29, 0.717) is 0 Å². The predicted octanol–water partition coefficient (Wildman–Crippen LogP) is 3.11. The van der Waals surface area contributed by atoms with Gasteiger partial charge in [-0.3, -0.25) is 4.90 Å². The molecule has 0 fully saturated rings. The first-order valence-corrected chi connectivity index (χ1v) is 6.13. The Kier molecular flexibility index (Phi) is 3.72. The van der Waals surface area contributed by atoms with Crippen molar-refractivity contribution in [1.82, 2.24) is 4.90 Å². The fourth-order valence-corrected chi connectivity index (χ4v) is 2.08. The molecule has 0 saturated heterocycles. The third-order valence-electron chi connectivity index (χ3n) is 3.15. The molecule has 0 bridgehead atoms. The Balaban J connectivity index is 2.05. The van der Waals surface area contributed by atoms with E-state index in [2.05, 4.69) is 24.9 Å². The second-order valence-electron chi connectivity index (χ2n) is 4.88. The highest BCUT2D eigenvalue weighted by Crippen LogP contribution is 2.17. The van der Waals surface area contributed by atoms with Crippen molar-refractivity contribution < 1.29 is 4.42 Å². The van der Waals surface area contributed by atoms with Crippen molar-refractivity contribution in [3.63, 3.8) is 0 Å². The average Bonchev–Trinajstić information content (AvgIpc) is 2.70. The molecule has 2 N–H and O–H groups in total. The molecule has 0 amide bonds. The number of nitrogen functional groups attached to an aromatic ring is 1. The van der Waals surface area contributed by atoms with Gasteiger partial charge in [0, 0.05) is 24.3 Å². The van der Waals surface area contributed by atoms with Crippen LogP contribution in [0.25, 0.3) is 0 Å². The molecule has 96 valence electrons. The quantitative estimate of drug-likeness (QED) is 0.840. The van der Waals surface area contributed by atoms with Crippen LogP contribution in [-0.4, -0.2) is 11.9 Å². The maximum absolute atomic E-state index is 6.00. The van der Waals surface area contributed by atoms with Crippen molar-refractivity contribution in [3.8, 4) is 0 Å². The number of nitrogens with two attached hydrogens (primary N) is 1. The smallest absolute Gasteiger partial charge is 0.105 e. The summed E-state index contributed by atoms with van der Waals surface area (Å²) in [6.07, 6.45) is 1.74. The SMILES string of the molecule is Cc1ccc(N)c(CN(C)Cc2ccoc2C)c1. The minimum Gasteiger partial charge on any atom is -0.469 e. The summed E-state index contributed by atoms with van der Waals surface area (Å²) in [5, 5.41) is 0. The zero-order chi connectivity index (χ0) is 13.1. The minimum absolute atomic E-state index is 0.845. The van der Waals surface area contributed by atoms with Crippen LogP contribution in [0.5, 0.6) is 0 Å². The van der Waals surface area contributed by atoms with Crippen LogP contribution in [0.3, 0.4) is 0 Å². The summed E-state index contributed by atoms with van der Waals surface area (Å²) in [5.74, 6) is 0.985. The van der Waals surface area contributed by atoms with E-state index in [1.165, 1.54) is 16.7 Å². The van der Waals surface area contributed by atoms with E-state index >= 15 is 0 Å². The van der Waals surface area contributed by atoms with Gasteiger partial charge in [0.25, 0.3) is 0 Å². The Morgan fingerprint density at radius 3 is 2.50 bits per heavy atom. The Hall–Kier alpha value is -1.74. The maximum Gasteiger partial charge on any atom is 0.105 e. The van der Waals surface area contributed by atoms with Crippen LogP contribution in [0.1, 0.15) is 22.5 Å².